The Kier molecular flexibility index (Phi) is 8.14. The van der Waals surface area contributed by atoms with Gasteiger partial charge in [0.05, 0.1) is 19.2 Å². The topological polar surface area (TPSA) is 61.9 Å². The molecule has 2 aliphatic rings. The zero-order valence-corrected chi connectivity index (χ0v) is 18.7. The maximum absolute atomic E-state index is 12.9. The van der Waals surface area contributed by atoms with Gasteiger partial charge < -0.3 is 15.0 Å². The molecule has 30 heavy (non-hydrogen) atoms. The van der Waals surface area contributed by atoms with Crippen LogP contribution in [0.25, 0.3) is 0 Å². The average molecular weight is 416 g/mol. The summed E-state index contributed by atoms with van der Waals surface area (Å²) in [7, 11) is 1.65. The molecule has 0 radical (unpaired) electrons. The predicted molar refractivity (Wildman–Crippen MR) is 118 cm³/mol. The van der Waals surface area contributed by atoms with Gasteiger partial charge in [0.2, 0.25) is 11.8 Å². The van der Waals surface area contributed by atoms with Crippen LogP contribution in [0.2, 0.25) is 0 Å². The van der Waals surface area contributed by atoms with Gasteiger partial charge in [-0.1, -0.05) is 31.0 Å². The summed E-state index contributed by atoms with van der Waals surface area (Å²) >= 11 is 0. The second kappa shape index (κ2) is 10.8. The van der Waals surface area contributed by atoms with Crippen LogP contribution in [-0.2, 0) is 9.59 Å². The van der Waals surface area contributed by atoms with Crippen LogP contribution in [0.1, 0.15) is 64.0 Å². The third kappa shape index (κ3) is 5.54. The molecule has 0 spiro atoms. The normalized spacial score (nSPS) is 20.8. The molecule has 166 valence electrons. The number of ether oxygens (including phenoxy) is 1. The Hall–Kier alpha value is -2.08. The number of hydrogen-bond acceptors (Lipinski definition) is 4. The first-order valence-electron chi connectivity index (χ1n) is 11.5. The van der Waals surface area contributed by atoms with Crippen LogP contribution in [0.4, 0.5) is 0 Å². The van der Waals surface area contributed by atoms with Gasteiger partial charge >= 0.3 is 0 Å². The van der Waals surface area contributed by atoms with E-state index in [1.807, 2.05) is 38.1 Å². The lowest BCUT2D eigenvalue weighted by molar-refractivity contribution is -0.137. The molecule has 0 saturated carbocycles. The van der Waals surface area contributed by atoms with E-state index >= 15 is 0 Å². The molecule has 0 aliphatic carbocycles. The summed E-state index contributed by atoms with van der Waals surface area (Å²) in [5.74, 6) is 1.25. The molecule has 2 heterocycles. The molecular formula is C24H37N3O3. The summed E-state index contributed by atoms with van der Waals surface area (Å²) in [6, 6.07) is 7.43. The summed E-state index contributed by atoms with van der Waals surface area (Å²) in [6.45, 7) is 7.36. The molecule has 3 rings (SSSR count). The van der Waals surface area contributed by atoms with Crippen molar-refractivity contribution in [3.8, 4) is 5.75 Å². The third-order valence-corrected chi connectivity index (χ3v) is 6.69. The van der Waals surface area contributed by atoms with Crippen molar-refractivity contribution in [1.82, 2.24) is 15.1 Å². The number of carbonyl (C=O) groups is 2. The number of methoxy groups -OCH3 is 1. The minimum absolute atomic E-state index is 0.0192. The molecule has 0 bridgehead atoms. The highest BCUT2D eigenvalue weighted by atomic mass is 16.5. The number of para-hydroxylation sites is 1. The standard InChI is InChI=1S/C24H37N3O3/c1-18(21-10-6-7-11-22(21)30-3)25-23(28)19(2)26-16-12-20(13-17-26)24(29)27-14-8-4-5-9-15-27/h6-7,10-11,18-20H,4-5,8-9,12-17H2,1-3H3,(H,25,28). The Bertz CT molecular complexity index is 707. The molecule has 2 saturated heterocycles. The number of nitrogens with zero attached hydrogens (tertiary/aromatic N) is 2. The minimum Gasteiger partial charge on any atom is -0.496 e. The zero-order valence-electron chi connectivity index (χ0n) is 18.7. The molecule has 1 aromatic carbocycles. The van der Waals surface area contributed by atoms with Gasteiger partial charge in [-0.2, -0.15) is 0 Å². The highest BCUT2D eigenvalue weighted by molar-refractivity contribution is 5.82. The summed E-state index contributed by atoms with van der Waals surface area (Å²) in [5.41, 5.74) is 0.974. The Balaban J connectivity index is 1.50. The highest BCUT2D eigenvalue weighted by Crippen LogP contribution is 2.26. The van der Waals surface area contributed by atoms with Gasteiger partial charge in [-0.05, 0) is 58.7 Å². The van der Waals surface area contributed by atoms with Gasteiger partial charge in [-0.15, -0.1) is 0 Å². The molecule has 2 aliphatic heterocycles. The molecule has 1 aromatic rings. The van der Waals surface area contributed by atoms with E-state index in [1.54, 1.807) is 7.11 Å². The Morgan fingerprint density at radius 3 is 2.27 bits per heavy atom. The maximum atomic E-state index is 12.9. The highest BCUT2D eigenvalue weighted by Gasteiger charge is 2.32. The van der Waals surface area contributed by atoms with Crippen molar-refractivity contribution >= 4 is 11.8 Å². The van der Waals surface area contributed by atoms with E-state index in [9.17, 15) is 9.59 Å². The Morgan fingerprint density at radius 2 is 1.63 bits per heavy atom. The fraction of sp³-hybridized carbons (Fsp3) is 0.667. The lowest BCUT2D eigenvalue weighted by Gasteiger charge is -2.36. The SMILES string of the molecule is COc1ccccc1C(C)NC(=O)C(C)N1CCC(C(=O)N2CCCCCC2)CC1. The second-order valence-electron chi connectivity index (χ2n) is 8.70. The van der Waals surface area contributed by atoms with Crippen molar-refractivity contribution in [3.05, 3.63) is 29.8 Å². The number of hydrogen-bond donors (Lipinski definition) is 1. The van der Waals surface area contributed by atoms with E-state index in [4.69, 9.17) is 4.74 Å². The van der Waals surface area contributed by atoms with E-state index in [0.717, 1.165) is 63.2 Å². The number of amides is 2. The molecule has 6 heteroatoms. The van der Waals surface area contributed by atoms with Crippen molar-refractivity contribution in [3.63, 3.8) is 0 Å². The van der Waals surface area contributed by atoms with Gasteiger partial charge in [0.1, 0.15) is 5.75 Å². The number of carbonyl (C=O) groups excluding carboxylic acids is 2. The van der Waals surface area contributed by atoms with Gasteiger partial charge in [-0.25, -0.2) is 0 Å². The summed E-state index contributed by atoms with van der Waals surface area (Å²) in [4.78, 5) is 30.0. The summed E-state index contributed by atoms with van der Waals surface area (Å²) in [5, 5.41) is 3.12. The van der Waals surface area contributed by atoms with Gasteiger partial charge in [0, 0.05) is 24.6 Å². The zero-order chi connectivity index (χ0) is 21.5. The molecule has 2 amide bonds. The van der Waals surface area contributed by atoms with Gasteiger partial charge in [0.15, 0.2) is 0 Å². The van der Waals surface area contributed by atoms with Crippen LogP contribution in [0, 0.1) is 5.92 Å². The number of rotatable bonds is 6. The van der Waals surface area contributed by atoms with E-state index in [-0.39, 0.29) is 23.9 Å². The lowest BCUT2D eigenvalue weighted by atomic mass is 9.94. The van der Waals surface area contributed by atoms with Crippen LogP contribution in [0.15, 0.2) is 24.3 Å². The van der Waals surface area contributed by atoms with E-state index in [1.165, 1.54) is 12.8 Å². The largest absolute Gasteiger partial charge is 0.496 e. The molecular weight excluding hydrogens is 378 g/mol. The van der Waals surface area contributed by atoms with E-state index in [0.29, 0.717) is 5.91 Å². The first kappa shape index (κ1) is 22.6. The van der Waals surface area contributed by atoms with Crippen molar-refractivity contribution in [1.29, 1.82) is 0 Å². The van der Waals surface area contributed by atoms with Crippen molar-refractivity contribution < 1.29 is 14.3 Å². The number of benzene rings is 1. The van der Waals surface area contributed by atoms with Crippen molar-refractivity contribution in [2.75, 3.05) is 33.3 Å². The Labute approximate surface area is 180 Å². The van der Waals surface area contributed by atoms with Crippen LogP contribution in [-0.4, -0.2) is 60.9 Å². The molecule has 1 N–H and O–H groups in total. The van der Waals surface area contributed by atoms with Crippen LogP contribution < -0.4 is 10.1 Å². The molecule has 2 unspecified atom stereocenters. The maximum Gasteiger partial charge on any atom is 0.237 e. The first-order chi connectivity index (χ1) is 14.5. The third-order valence-electron chi connectivity index (χ3n) is 6.69. The molecule has 2 fully saturated rings. The minimum atomic E-state index is -0.212. The van der Waals surface area contributed by atoms with Gasteiger partial charge in [-0.3, -0.25) is 14.5 Å². The number of likely N-dealkylation sites (tertiary alicyclic amines) is 2. The molecule has 0 aromatic heterocycles. The van der Waals surface area contributed by atoms with Crippen LogP contribution in [0.5, 0.6) is 5.75 Å². The smallest absolute Gasteiger partial charge is 0.237 e. The average Bonchev–Trinajstić information content (AvgIpc) is 3.07. The van der Waals surface area contributed by atoms with Crippen LogP contribution in [0.3, 0.4) is 0 Å². The number of piperidine rings is 1. The predicted octanol–water partition coefficient (Wildman–Crippen LogP) is 3.38. The van der Waals surface area contributed by atoms with Crippen molar-refractivity contribution in [2.45, 2.75) is 64.5 Å². The van der Waals surface area contributed by atoms with Gasteiger partial charge in [0.25, 0.3) is 0 Å². The summed E-state index contributed by atoms with van der Waals surface area (Å²) in [6.07, 6.45) is 6.42. The Morgan fingerprint density at radius 1 is 1.00 bits per heavy atom. The van der Waals surface area contributed by atoms with E-state index in [2.05, 4.69) is 15.1 Å². The number of nitrogens with one attached hydrogen (secondary N) is 1. The fourth-order valence-electron chi connectivity index (χ4n) is 4.68. The lowest BCUT2D eigenvalue weighted by Crippen LogP contribution is -2.50. The second-order valence-corrected chi connectivity index (χ2v) is 8.70. The van der Waals surface area contributed by atoms with E-state index < -0.39 is 0 Å². The fourth-order valence-corrected chi connectivity index (χ4v) is 4.68. The van der Waals surface area contributed by atoms with Crippen LogP contribution >= 0.6 is 0 Å². The molecule has 2 atom stereocenters. The first-order valence-corrected chi connectivity index (χ1v) is 11.5. The monoisotopic (exact) mass is 415 g/mol. The van der Waals surface area contributed by atoms with Crippen molar-refractivity contribution in [2.24, 2.45) is 5.92 Å². The molecule has 6 nitrogen and oxygen atoms in total. The summed E-state index contributed by atoms with van der Waals surface area (Å²) < 4.78 is 5.42. The quantitative estimate of drug-likeness (QED) is 0.774.